The Bertz CT molecular complexity index is 865. The van der Waals surface area contributed by atoms with Crippen LogP contribution in [0.4, 0.5) is 24.5 Å². The smallest absolute Gasteiger partial charge is 0.418 e. The van der Waals surface area contributed by atoms with Crippen molar-refractivity contribution in [1.82, 2.24) is 0 Å². The average Bonchev–Trinajstić information content (AvgIpc) is 2.57. The number of hydrogen-bond donors (Lipinski definition) is 1. The molecule has 2 amide bonds. The van der Waals surface area contributed by atoms with E-state index in [1.807, 2.05) is 6.92 Å². The molecule has 0 fully saturated rings. The molecule has 1 aliphatic heterocycles. The van der Waals surface area contributed by atoms with Crippen molar-refractivity contribution in [3.8, 4) is 5.75 Å². The molecule has 1 N–H and O–H groups in total. The summed E-state index contributed by atoms with van der Waals surface area (Å²) >= 11 is 0. The number of anilines is 2. The lowest BCUT2D eigenvalue weighted by Gasteiger charge is -2.29. The molecule has 136 valence electrons. The van der Waals surface area contributed by atoms with Gasteiger partial charge in [-0.2, -0.15) is 13.2 Å². The number of rotatable bonds is 3. The summed E-state index contributed by atoms with van der Waals surface area (Å²) in [5.41, 5.74) is 0.0280. The third-order valence-electron chi connectivity index (χ3n) is 3.87. The molecule has 3 rings (SSSR count). The predicted molar refractivity (Wildman–Crippen MR) is 89.1 cm³/mol. The molecule has 1 aliphatic rings. The Hall–Kier alpha value is -3.03. The number of benzene rings is 2. The molecule has 1 heterocycles. The number of fused-ring (bicyclic) bond motifs is 1. The van der Waals surface area contributed by atoms with Gasteiger partial charge in [-0.3, -0.25) is 14.5 Å². The zero-order valence-electron chi connectivity index (χ0n) is 13.8. The van der Waals surface area contributed by atoms with E-state index in [1.165, 1.54) is 23.1 Å². The fraction of sp³-hybridized carbons (Fsp3) is 0.222. The molecule has 0 aliphatic carbocycles. The van der Waals surface area contributed by atoms with Crippen molar-refractivity contribution in [1.29, 1.82) is 0 Å². The van der Waals surface area contributed by atoms with E-state index in [9.17, 15) is 22.8 Å². The van der Waals surface area contributed by atoms with E-state index < -0.39 is 30.1 Å². The molecule has 0 aromatic heterocycles. The van der Waals surface area contributed by atoms with Crippen molar-refractivity contribution in [2.75, 3.05) is 23.4 Å². The van der Waals surface area contributed by atoms with Gasteiger partial charge in [-0.1, -0.05) is 18.2 Å². The van der Waals surface area contributed by atoms with E-state index >= 15 is 0 Å². The highest BCUT2D eigenvalue weighted by atomic mass is 19.4. The van der Waals surface area contributed by atoms with Crippen LogP contribution in [0.3, 0.4) is 0 Å². The second-order valence-corrected chi connectivity index (χ2v) is 5.83. The van der Waals surface area contributed by atoms with Crippen molar-refractivity contribution in [3.05, 3.63) is 53.6 Å². The Balaban J connectivity index is 1.81. The number of halogens is 3. The largest absolute Gasteiger partial charge is 0.482 e. The van der Waals surface area contributed by atoms with E-state index in [1.54, 1.807) is 18.2 Å². The van der Waals surface area contributed by atoms with Gasteiger partial charge in [0.05, 0.1) is 16.9 Å². The van der Waals surface area contributed by atoms with Crippen molar-refractivity contribution in [2.45, 2.75) is 13.1 Å². The molecule has 0 bridgehead atoms. The number of para-hydroxylation sites is 1. The fourth-order valence-electron chi connectivity index (χ4n) is 2.66. The molecule has 0 unspecified atom stereocenters. The summed E-state index contributed by atoms with van der Waals surface area (Å²) in [6, 6.07) is 9.80. The predicted octanol–water partition coefficient (Wildman–Crippen LogP) is 3.38. The van der Waals surface area contributed by atoms with Gasteiger partial charge in [0, 0.05) is 0 Å². The van der Waals surface area contributed by atoms with Gasteiger partial charge in [-0.15, -0.1) is 0 Å². The maximum atomic E-state index is 13.0. The second kappa shape index (κ2) is 6.70. The fourth-order valence-corrected chi connectivity index (χ4v) is 2.66. The van der Waals surface area contributed by atoms with Crippen LogP contribution in [0.2, 0.25) is 0 Å². The molecule has 0 radical (unpaired) electrons. The minimum Gasteiger partial charge on any atom is -0.482 e. The van der Waals surface area contributed by atoms with Gasteiger partial charge in [0.25, 0.3) is 5.91 Å². The molecule has 8 heteroatoms. The zero-order chi connectivity index (χ0) is 18.9. The monoisotopic (exact) mass is 364 g/mol. The lowest BCUT2D eigenvalue weighted by molar-refractivity contribution is -0.137. The Kier molecular flexibility index (Phi) is 4.58. The SMILES string of the molecule is Cc1ccc2c(c1)OCC(=O)N2CC(=O)Nc1ccccc1C(F)(F)F. The molecule has 0 saturated carbocycles. The average molecular weight is 364 g/mol. The molecule has 2 aromatic rings. The van der Waals surface area contributed by atoms with Crippen LogP contribution in [0.5, 0.6) is 5.75 Å². The summed E-state index contributed by atoms with van der Waals surface area (Å²) in [4.78, 5) is 25.6. The van der Waals surface area contributed by atoms with E-state index in [4.69, 9.17) is 4.74 Å². The van der Waals surface area contributed by atoms with E-state index in [0.29, 0.717) is 11.4 Å². The van der Waals surface area contributed by atoms with Crippen LogP contribution in [0.25, 0.3) is 0 Å². The number of nitrogens with zero attached hydrogens (tertiary/aromatic N) is 1. The van der Waals surface area contributed by atoms with Crippen LogP contribution in [-0.2, 0) is 15.8 Å². The van der Waals surface area contributed by atoms with Crippen molar-refractivity contribution >= 4 is 23.2 Å². The Labute approximate surface area is 147 Å². The minimum absolute atomic E-state index is 0.233. The number of ether oxygens (including phenoxy) is 1. The van der Waals surface area contributed by atoms with Gasteiger partial charge in [-0.05, 0) is 36.8 Å². The van der Waals surface area contributed by atoms with Gasteiger partial charge in [0.1, 0.15) is 12.3 Å². The minimum atomic E-state index is -4.59. The molecular formula is C18H15F3N2O3. The van der Waals surface area contributed by atoms with Crippen LogP contribution in [0.15, 0.2) is 42.5 Å². The summed E-state index contributed by atoms with van der Waals surface area (Å²) < 4.78 is 44.4. The van der Waals surface area contributed by atoms with Gasteiger partial charge in [0.2, 0.25) is 5.91 Å². The first-order valence-electron chi connectivity index (χ1n) is 7.75. The van der Waals surface area contributed by atoms with Crippen LogP contribution in [-0.4, -0.2) is 25.0 Å². The number of nitrogens with one attached hydrogen (secondary N) is 1. The first-order chi connectivity index (χ1) is 12.3. The summed E-state index contributed by atoms with van der Waals surface area (Å²) in [5.74, 6) is -0.725. The van der Waals surface area contributed by atoms with E-state index in [0.717, 1.165) is 11.6 Å². The van der Waals surface area contributed by atoms with Crippen molar-refractivity contribution < 1.29 is 27.5 Å². The van der Waals surface area contributed by atoms with E-state index in [2.05, 4.69) is 5.32 Å². The summed E-state index contributed by atoms with van der Waals surface area (Å²) in [6.07, 6.45) is -4.59. The van der Waals surface area contributed by atoms with Crippen molar-refractivity contribution in [2.24, 2.45) is 0 Å². The summed E-state index contributed by atoms with van der Waals surface area (Å²) in [5, 5.41) is 2.23. The number of alkyl halides is 3. The maximum Gasteiger partial charge on any atom is 0.418 e. The lowest BCUT2D eigenvalue weighted by Crippen LogP contribution is -2.43. The zero-order valence-corrected chi connectivity index (χ0v) is 13.8. The first kappa shape index (κ1) is 17.8. The topological polar surface area (TPSA) is 58.6 Å². The highest BCUT2D eigenvalue weighted by molar-refractivity contribution is 6.05. The molecular weight excluding hydrogens is 349 g/mol. The van der Waals surface area contributed by atoms with E-state index in [-0.39, 0.29) is 12.3 Å². The highest BCUT2D eigenvalue weighted by Crippen LogP contribution is 2.35. The molecule has 0 atom stereocenters. The highest BCUT2D eigenvalue weighted by Gasteiger charge is 2.34. The normalized spacial score (nSPS) is 13.8. The van der Waals surface area contributed by atoms with Crippen LogP contribution in [0.1, 0.15) is 11.1 Å². The second-order valence-electron chi connectivity index (χ2n) is 5.83. The lowest BCUT2D eigenvalue weighted by atomic mass is 10.1. The van der Waals surface area contributed by atoms with Crippen LogP contribution >= 0.6 is 0 Å². The molecule has 2 aromatic carbocycles. The Morgan fingerprint density at radius 3 is 2.69 bits per heavy atom. The summed E-state index contributed by atoms with van der Waals surface area (Å²) in [6.45, 7) is 1.21. The van der Waals surface area contributed by atoms with Crippen LogP contribution in [0, 0.1) is 6.92 Å². The number of amides is 2. The Morgan fingerprint density at radius 2 is 1.96 bits per heavy atom. The molecule has 26 heavy (non-hydrogen) atoms. The first-order valence-corrected chi connectivity index (χ1v) is 7.75. The van der Waals surface area contributed by atoms with Gasteiger partial charge in [-0.25, -0.2) is 0 Å². The van der Waals surface area contributed by atoms with Crippen LogP contribution < -0.4 is 15.0 Å². The molecule has 0 saturated heterocycles. The third-order valence-corrected chi connectivity index (χ3v) is 3.87. The van der Waals surface area contributed by atoms with Crippen molar-refractivity contribution in [3.63, 3.8) is 0 Å². The van der Waals surface area contributed by atoms with Gasteiger partial charge in [0.15, 0.2) is 6.61 Å². The number of hydrogen-bond acceptors (Lipinski definition) is 3. The maximum absolute atomic E-state index is 13.0. The number of carbonyl (C=O) groups excluding carboxylic acids is 2. The third kappa shape index (κ3) is 3.63. The summed E-state index contributed by atoms with van der Waals surface area (Å²) in [7, 11) is 0. The van der Waals surface area contributed by atoms with Gasteiger partial charge >= 0.3 is 6.18 Å². The molecule has 5 nitrogen and oxygen atoms in total. The van der Waals surface area contributed by atoms with Gasteiger partial charge < -0.3 is 10.1 Å². The standard InChI is InChI=1S/C18H15F3N2O3/c1-11-6-7-14-15(8-11)26-10-17(25)23(14)9-16(24)22-13-5-3-2-4-12(13)18(19,20)21/h2-8H,9-10H2,1H3,(H,22,24). The number of carbonyl (C=O) groups is 2. The number of aryl methyl sites for hydroxylation is 1. The quantitative estimate of drug-likeness (QED) is 0.908. The molecule has 0 spiro atoms. The Morgan fingerprint density at radius 1 is 1.23 bits per heavy atom.